The molecule has 0 fully saturated rings. The molecule has 7 heteroatoms. The molecule has 0 aliphatic heterocycles. The smallest absolute Gasteiger partial charge is 0.224 e. The number of thiazole rings is 1. The quantitative estimate of drug-likeness (QED) is 0.145. The van der Waals surface area contributed by atoms with Crippen molar-refractivity contribution < 1.29 is 14.4 Å². The molecule has 0 radical (unpaired) electrons. The van der Waals surface area contributed by atoms with Gasteiger partial charge in [-0.2, -0.15) is 0 Å². The van der Waals surface area contributed by atoms with E-state index in [0.29, 0.717) is 50.1 Å². The third-order valence-corrected chi connectivity index (χ3v) is 9.05. The Kier molecular flexibility index (Phi) is 13.7. The maximum Gasteiger partial charge on any atom is 0.224 e. The Labute approximate surface area is 262 Å². The first-order valence-corrected chi connectivity index (χ1v) is 16.6. The number of likely N-dealkylation sites (N-methyl/N-ethyl adjacent to an activating group) is 1. The molecule has 1 N–H and O–H groups in total. The lowest BCUT2D eigenvalue weighted by molar-refractivity contribution is -0.130. The normalized spacial score (nSPS) is 12.9. The van der Waals surface area contributed by atoms with Gasteiger partial charge in [-0.25, -0.2) is 4.98 Å². The number of amides is 1. The minimum Gasteiger partial charge on any atom is -0.353 e. The SMILES string of the molecule is C=C(CN(CC)CC)C(=O)CC[C@H](Cc1ccccc1)NC(=O)[C@@H](CC(=O)CCC)Cc1nc2ccc(C(C)C)cc2s1. The molecule has 1 amide bonds. The number of hydrogen-bond donors (Lipinski definition) is 1. The predicted molar refractivity (Wildman–Crippen MR) is 179 cm³/mol. The van der Waals surface area contributed by atoms with Crippen LogP contribution in [0.1, 0.15) is 88.8 Å². The van der Waals surface area contributed by atoms with Gasteiger partial charge < -0.3 is 5.32 Å². The van der Waals surface area contributed by atoms with E-state index in [9.17, 15) is 14.4 Å². The lowest BCUT2D eigenvalue weighted by atomic mass is 9.94. The fourth-order valence-corrected chi connectivity index (χ4v) is 6.39. The first-order chi connectivity index (χ1) is 20.6. The monoisotopic (exact) mass is 603 g/mol. The van der Waals surface area contributed by atoms with Crippen LogP contribution in [0.25, 0.3) is 10.2 Å². The number of Topliss-reactive ketones (excluding diaryl/α,β-unsaturated/α-hetero) is 2. The number of carbonyl (C=O) groups is 3. The van der Waals surface area contributed by atoms with Crippen LogP contribution in [0, 0.1) is 5.92 Å². The molecule has 0 aliphatic carbocycles. The molecule has 3 aromatic rings. The highest BCUT2D eigenvalue weighted by Gasteiger charge is 2.26. The molecule has 232 valence electrons. The van der Waals surface area contributed by atoms with Crippen LogP contribution in [-0.4, -0.2) is 53.0 Å². The second-order valence-electron chi connectivity index (χ2n) is 11.8. The van der Waals surface area contributed by atoms with Crippen molar-refractivity contribution in [2.45, 2.75) is 91.5 Å². The molecule has 0 bridgehead atoms. The molecule has 6 nitrogen and oxygen atoms in total. The van der Waals surface area contributed by atoms with Crippen LogP contribution in [0.4, 0.5) is 0 Å². The van der Waals surface area contributed by atoms with Crippen LogP contribution >= 0.6 is 11.3 Å². The summed E-state index contributed by atoms with van der Waals surface area (Å²) in [5.74, 6) is -0.127. The van der Waals surface area contributed by atoms with E-state index in [-0.39, 0.29) is 29.9 Å². The number of aromatic nitrogens is 1. The second-order valence-corrected chi connectivity index (χ2v) is 12.9. The number of hydrogen-bond acceptors (Lipinski definition) is 6. The van der Waals surface area contributed by atoms with Gasteiger partial charge in [-0.1, -0.05) is 77.6 Å². The summed E-state index contributed by atoms with van der Waals surface area (Å²) in [6.07, 6.45) is 3.23. The highest BCUT2D eigenvalue weighted by molar-refractivity contribution is 7.18. The van der Waals surface area contributed by atoms with E-state index in [4.69, 9.17) is 4.98 Å². The molecule has 1 aromatic heterocycles. The van der Waals surface area contributed by atoms with Crippen molar-refractivity contribution in [3.63, 3.8) is 0 Å². The van der Waals surface area contributed by atoms with Crippen LogP contribution in [0.2, 0.25) is 0 Å². The Hall–Kier alpha value is -3.16. The first-order valence-electron chi connectivity index (χ1n) is 15.8. The molecular weight excluding hydrogens is 554 g/mol. The summed E-state index contributed by atoms with van der Waals surface area (Å²) in [5, 5.41) is 4.11. The van der Waals surface area contributed by atoms with E-state index < -0.39 is 5.92 Å². The Balaban J connectivity index is 1.78. The maximum atomic E-state index is 13.9. The van der Waals surface area contributed by atoms with Crippen LogP contribution < -0.4 is 5.32 Å². The van der Waals surface area contributed by atoms with Crippen molar-refractivity contribution >= 4 is 39.0 Å². The van der Waals surface area contributed by atoms with Gasteiger partial charge >= 0.3 is 0 Å². The summed E-state index contributed by atoms with van der Waals surface area (Å²) in [6, 6.07) is 16.1. The molecule has 2 aromatic carbocycles. The van der Waals surface area contributed by atoms with E-state index in [1.807, 2.05) is 43.3 Å². The van der Waals surface area contributed by atoms with Gasteiger partial charge in [0.25, 0.3) is 0 Å². The molecule has 0 aliphatic rings. The van der Waals surface area contributed by atoms with Crippen molar-refractivity contribution in [3.05, 3.63) is 76.8 Å². The van der Waals surface area contributed by atoms with Crippen LogP contribution in [0.5, 0.6) is 0 Å². The van der Waals surface area contributed by atoms with Gasteiger partial charge in [0, 0.05) is 43.8 Å². The molecular formula is C36H49N3O3S. The van der Waals surface area contributed by atoms with Gasteiger partial charge in [-0.3, -0.25) is 19.3 Å². The second kappa shape index (κ2) is 17.2. The number of nitrogens with one attached hydrogen (secondary N) is 1. The van der Waals surface area contributed by atoms with Crippen molar-refractivity contribution in [2.24, 2.45) is 5.92 Å². The molecule has 0 spiro atoms. The lowest BCUT2D eigenvalue weighted by Crippen LogP contribution is -2.42. The van der Waals surface area contributed by atoms with Crippen molar-refractivity contribution in [1.29, 1.82) is 0 Å². The summed E-state index contributed by atoms with van der Waals surface area (Å²) >= 11 is 1.60. The fraction of sp³-hybridized carbons (Fsp3) is 0.500. The summed E-state index contributed by atoms with van der Waals surface area (Å²) in [7, 11) is 0. The highest BCUT2D eigenvalue weighted by Crippen LogP contribution is 2.28. The van der Waals surface area contributed by atoms with E-state index in [1.54, 1.807) is 11.3 Å². The molecule has 1 heterocycles. The molecule has 0 unspecified atom stereocenters. The first kappa shape index (κ1) is 34.3. The fourth-order valence-electron chi connectivity index (χ4n) is 5.29. The van der Waals surface area contributed by atoms with Gasteiger partial charge in [0.15, 0.2) is 5.78 Å². The van der Waals surface area contributed by atoms with E-state index >= 15 is 0 Å². The van der Waals surface area contributed by atoms with Gasteiger partial charge in [0.05, 0.1) is 21.1 Å². The van der Waals surface area contributed by atoms with Gasteiger partial charge in [0.2, 0.25) is 5.91 Å². The summed E-state index contributed by atoms with van der Waals surface area (Å²) in [5.41, 5.74) is 3.88. The number of rotatable bonds is 19. The molecule has 0 saturated heterocycles. The third-order valence-electron chi connectivity index (χ3n) is 8.01. The number of carbonyl (C=O) groups excluding carboxylic acids is 3. The molecule has 3 rings (SSSR count). The van der Waals surface area contributed by atoms with E-state index in [1.165, 1.54) is 5.56 Å². The number of ketones is 2. The minimum absolute atomic E-state index is 0.0316. The Bertz CT molecular complexity index is 1360. The van der Waals surface area contributed by atoms with Crippen molar-refractivity contribution in [3.8, 4) is 0 Å². The van der Waals surface area contributed by atoms with E-state index in [0.717, 1.165) is 40.3 Å². The minimum atomic E-state index is -0.518. The summed E-state index contributed by atoms with van der Waals surface area (Å²) in [4.78, 5) is 46.6. The Morgan fingerprint density at radius 1 is 0.977 bits per heavy atom. The molecule has 0 saturated carbocycles. The van der Waals surface area contributed by atoms with Crippen LogP contribution in [0.3, 0.4) is 0 Å². The van der Waals surface area contributed by atoms with Crippen molar-refractivity contribution in [2.75, 3.05) is 19.6 Å². The highest BCUT2D eigenvalue weighted by atomic mass is 32.1. The molecule has 43 heavy (non-hydrogen) atoms. The molecule has 2 atom stereocenters. The van der Waals surface area contributed by atoms with Crippen molar-refractivity contribution in [1.82, 2.24) is 15.2 Å². The maximum absolute atomic E-state index is 13.9. The van der Waals surface area contributed by atoms with Gasteiger partial charge in [-0.05, 0) is 61.5 Å². The third kappa shape index (κ3) is 10.8. The number of fused-ring (bicyclic) bond motifs is 1. The van der Waals surface area contributed by atoms with Gasteiger partial charge in [0.1, 0.15) is 5.78 Å². The Morgan fingerprint density at radius 3 is 2.35 bits per heavy atom. The number of benzene rings is 2. The average Bonchev–Trinajstić information content (AvgIpc) is 3.40. The largest absolute Gasteiger partial charge is 0.353 e. The lowest BCUT2D eigenvalue weighted by Gasteiger charge is -2.23. The van der Waals surface area contributed by atoms with Gasteiger partial charge in [-0.15, -0.1) is 11.3 Å². The Morgan fingerprint density at radius 2 is 1.70 bits per heavy atom. The predicted octanol–water partition coefficient (Wildman–Crippen LogP) is 7.31. The standard InChI is InChI=1S/C36H49N3O3S/c1-7-13-31(40)21-29(23-35-38-32-18-16-28(25(4)5)22-34(32)43-35)36(42)37-30(20-27-14-11-10-12-15-27)17-19-33(41)26(6)24-39(8-2)9-3/h10-12,14-16,18,22,25,29-30H,6-9,13,17,19-21,23-24H2,1-5H3,(H,37,42)/t29-,30+/m0/s1. The number of nitrogens with zero attached hydrogens (tertiary/aromatic N) is 2. The van der Waals surface area contributed by atoms with Crippen LogP contribution in [-0.2, 0) is 27.2 Å². The summed E-state index contributed by atoms with van der Waals surface area (Å²) in [6.45, 7) is 16.8. The average molecular weight is 604 g/mol. The zero-order chi connectivity index (χ0) is 31.4. The topological polar surface area (TPSA) is 79.4 Å². The zero-order valence-corrected chi connectivity index (χ0v) is 27.5. The zero-order valence-electron chi connectivity index (χ0n) is 26.7. The van der Waals surface area contributed by atoms with Crippen LogP contribution in [0.15, 0.2) is 60.7 Å². The summed E-state index contributed by atoms with van der Waals surface area (Å²) < 4.78 is 1.10. The van der Waals surface area contributed by atoms with E-state index in [2.05, 4.69) is 56.6 Å².